The van der Waals surface area contributed by atoms with Gasteiger partial charge in [0.05, 0.1) is 11.7 Å². The number of pyridine rings is 1. The van der Waals surface area contributed by atoms with E-state index in [2.05, 4.69) is 10.3 Å². The van der Waals surface area contributed by atoms with Crippen LogP contribution in [0.25, 0.3) is 6.08 Å². The van der Waals surface area contributed by atoms with Crippen molar-refractivity contribution in [2.45, 2.75) is 45.8 Å². The fourth-order valence-corrected chi connectivity index (χ4v) is 2.90. The molecule has 0 radical (unpaired) electrons. The molecule has 0 unspecified atom stereocenters. The van der Waals surface area contributed by atoms with Gasteiger partial charge in [-0.05, 0) is 37.1 Å². The number of hydrogen-bond acceptors (Lipinski definition) is 4. The molecule has 5 nitrogen and oxygen atoms in total. The van der Waals surface area contributed by atoms with Crippen LogP contribution in [0.1, 0.15) is 38.3 Å². The van der Waals surface area contributed by atoms with Crippen LogP contribution in [0.5, 0.6) is 0 Å². The highest BCUT2D eigenvalue weighted by atomic mass is 16.5. The quantitative estimate of drug-likeness (QED) is 0.788. The van der Waals surface area contributed by atoms with Crippen LogP contribution < -0.4 is 5.32 Å². The normalized spacial score (nSPS) is 26.0. The summed E-state index contributed by atoms with van der Waals surface area (Å²) in [5.41, 5.74) is 0.612. The Hall–Kier alpha value is -1.72. The Kier molecular flexibility index (Phi) is 5.22. The van der Waals surface area contributed by atoms with Crippen LogP contribution in [-0.4, -0.2) is 40.9 Å². The van der Waals surface area contributed by atoms with Gasteiger partial charge < -0.3 is 15.2 Å². The Morgan fingerprint density at radius 1 is 1.52 bits per heavy atom. The maximum Gasteiger partial charge on any atom is 0.244 e. The van der Waals surface area contributed by atoms with Crippen LogP contribution in [0.15, 0.2) is 24.5 Å². The molecule has 23 heavy (non-hydrogen) atoms. The smallest absolute Gasteiger partial charge is 0.244 e. The van der Waals surface area contributed by atoms with E-state index in [0.29, 0.717) is 13.0 Å². The van der Waals surface area contributed by atoms with Gasteiger partial charge in [0.1, 0.15) is 0 Å². The lowest BCUT2D eigenvalue weighted by Gasteiger charge is -2.57. The topological polar surface area (TPSA) is 71.5 Å². The number of nitrogens with one attached hydrogen (secondary N) is 1. The minimum atomic E-state index is -0.929. The van der Waals surface area contributed by atoms with Crippen molar-refractivity contribution < 1.29 is 14.6 Å². The Morgan fingerprint density at radius 2 is 2.26 bits per heavy atom. The highest BCUT2D eigenvalue weighted by molar-refractivity contribution is 5.91. The predicted octanol–water partition coefficient (Wildman–Crippen LogP) is 2.09. The van der Waals surface area contributed by atoms with Gasteiger partial charge in [-0.15, -0.1) is 0 Å². The van der Waals surface area contributed by atoms with Crippen LogP contribution in [-0.2, 0) is 9.53 Å². The zero-order chi connectivity index (χ0) is 17.1. The van der Waals surface area contributed by atoms with E-state index in [4.69, 9.17) is 4.74 Å². The van der Waals surface area contributed by atoms with E-state index in [1.807, 2.05) is 33.8 Å². The molecule has 1 heterocycles. The highest BCUT2D eigenvalue weighted by Crippen LogP contribution is 2.50. The van der Waals surface area contributed by atoms with E-state index in [-0.39, 0.29) is 24.0 Å². The molecule has 0 spiro atoms. The summed E-state index contributed by atoms with van der Waals surface area (Å²) in [5.74, 6) is -0.226. The third-order valence-corrected chi connectivity index (χ3v) is 4.77. The molecule has 0 aromatic carbocycles. The molecule has 1 aromatic heterocycles. The Balaban J connectivity index is 1.87. The summed E-state index contributed by atoms with van der Waals surface area (Å²) in [6, 6.07) is 1.95. The van der Waals surface area contributed by atoms with Gasteiger partial charge in [-0.3, -0.25) is 9.78 Å². The second kappa shape index (κ2) is 6.81. The third-order valence-electron chi connectivity index (χ3n) is 4.77. The number of carbonyl (C=O) groups is 1. The van der Waals surface area contributed by atoms with Gasteiger partial charge in [-0.25, -0.2) is 0 Å². The molecule has 0 aliphatic heterocycles. The molecule has 1 saturated carbocycles. The molecule has 1 aliphatic rings. The average Bonchev–Trinajstić information content (AvgIpc) is 2.51. The number of aryl methyl sites for hydroxylation is 1. The SMILES string of the molecule is CCO[C@H]1C[C@](O)(CNC(=O)/C=C/c2cncc(C)c2)C1(C)C. The molecule has 5 heteroatoms. The van der Waals surface area contributed by atoms with Crippen molar-refractivity contribution in [1.29, 1.82) is 0 Å². The number of amides is 1. The average molecular weight is 318 g/mol. The second-order valence-electron chi connectivity index (χ2n) is 6.75. The molecular weight excluding hydrogens is 292 g/mol. The molecule has 1 aliphatic carbocycles. The van der Waals surface area contributed by atoms with Gasteiger partial charge in [0.2, 0.25) is 5.91 Å². The van der Waals surface area contributed by atoms with E-state index < -0.39 is 5.60 Å². The molecule has 2 atom stereocenters. The Labute approximate surface area is 137 Å². The van der Waals surface area contributed by atoms with E-state index in [1.54, 1.807) is 18.5 Å². The van der Waals surface area contributed by atoms with Crippen molar-refractivity contribution in [2.75, 3.05) is 13.2 Å². The maximum absolute atomic E-state index is 11.9. The molecule has 1 amide bonds. The summed E-state index contributed by atoms with van der Waals surface area (Å²) < 4.78 is 5.62. The monoisotopic (exact) mass is 318 g/mol. The van der Waals surface area contributed by atoms with E-state index in [0.717, 1.165) is 11.1 Å². The molecule has 0 bridgehead atoms. The van der Waals surface area contributed by atoms with Gasteiger partial charge in [-0.1, -0.05) is 13.8 Å². The molecule has 2 rings (SSSR count). The fraction of sp³-hybridized carbons (Fsp3) is 0.556. The van der Waals surface area contributed by atoms with Gasteiger partial charge in [0.15, 0.2) is 0 Å². The van der Waals surface area contributed by atoms with Crippen LogP contribution >= 0.6 is 0 Å². The van der Waals surface area contributed by atoms with Crippen molar-refractivity contribution in [3.63, 3.8) is 0 Å². The van der Waals surface area contributed by atoms with E-state index >= 15 is 0 Å². The first-order chi connectivity index (χ1) is 10.8. The first-order valence-electron chi connectivity index (χ1n) is 8.00. The Bertz CT molecular complexity index is 598. The lowest BCUT2D eigenvalue weighted by molar-refractivity contribution is -0.238. The zero-order valence-electron chi connectivity index (χ0n) is 14.3. The molecule has 1 aromatic rings. The first kappa shape index (κ1) is 17.6. The molecule has 126 valence electrons. The van der Waals surface area contributed by atoms with Crippen molar-refractivity contribution >= 4 is 12.0 Å². The van der Waals surface area contributed by atoms with E-state index in [1.165, 1.54) is 6.08 Å². The predicted molar refractivity (Wildman–Crippen MR) is 89.8 cm³/mol. The number of rotatable bonds is 6. The van der Waals surface area contributed by atoms with E-state index in [9.17, 15) is 9.90 Å². The number of ether oxygens (including phenoxy) is 1. The van der Waals surface area contributed by atoms with Gasteiger partial charge >= 0.3 is 0 Å². The van der Waals surface area contributed by atoms with Gasteiger partial charge in [0, 0.05) is 43.5 Å². The maximum atomic E-state index is 11.9. The van der Waals surface area contributed by atoms with Crippen LogP contribution in [0.2, 0.25) is 0 Å². The number of carbonyl (C=O) groups excluding carboxylic acids is 1. The third kappa shape index (κ3) is 3.79. The van der Waals surface area contributed by atoms with Crippen molar-refractivity contribution in [1.82, 2.24) is 10.3 Å². The van der Waals surface area contributed by atoms with Crippen molar-refractivity contribution in [2.24, 2.45) is 5.41 Å². The van der Waals surface area contributed by atoms with Crippen LogP contribution in [0.4, 0.5) is 0 Å². The summed E-state index contributed by atoms with van der Waals surface area (Å²) in [5, 5.41) is 13.5. The minimum absolute atomic E-state index is 0.0308. The van der Waals surface area contributed by atoms with Crippen molar-refractivity contribution in [3.8, 4) is 0 Å². The van der Waals surface area contributed by atoms with Gasteiger partial charge in [0.25, 0.3) is 0 Å². The number of aromatic nitrogens is 1. The number of nitrogens with zero attached hydrogens (tertiary/aromatic N) is 1. The number of aliphatic hydroxyl groups is 1. The summed E-state index contributed by atoms with van der Waals surface area (Å²) in [6.07, 6.45) is 7.22. The first-order valence-corrected chi connectivity index (χ1v) is 8.00. The zero-order valence-corrected chi connectivity index (χ0v) is 14.3. The molecule has 2 N–H and O–H groups in total. The fourth-order valence-electron chi connectivity index (χ4n) is 2.90. The summed E-state index contributed by atoms with van der Waals surface area (Å²) in [7, 11) is 0. The summed E-state index contributed by atoms with van der Waals surface area (Å²) in [4.78, 5) is 16.0. The highest BCUT2D eigenvalue weighted by Gasteiger charge is 2.59. The van der Waals surface area contributed by atoms with Crippen LogP contribution in [0.3, 0.4) is 0 Å². The minimum Gasteiger partial charge on any atom is -0.387 e. The van der Waals surface area contributed by atoms with Crippen molar-refractivity contribution in [3.05, 3.63) is 35.7 Å². The molecule has 1 fully saturated rings. The number of hydrogen-bond donors (Lipinski definition) is 2. The summed E-state index contributed by atoms with van der Waals surface area (Å²) >= 11 is 0. The lowest BCUT2D eigenvalue weighted by Crippen LogP contribution is -2.68. The Morgan fingerprint density at radius 3 is 2.87 bits per heavy atom. The van der Waals surface area contributed by atoms with Crippen LogP contribution in [0, 0.1) is 12.3 Å². The second-order valence-corrected chi connectivity index (χ2v) is 6.75. The standard InChI is InChI=1S/C18H26N2O3/c1-5-23-15-9-18(22,17(15,3)4)12-20-16(21)7-6-14-8-13(2)10-19-11-14/h6-8,10-11,15,22H,5,9,12H2,1-4H3,(H,20,21)/b7-6+/t15-,18-/m0/s1. The molecular formula is C18H26N2O3. The molecule has 0 saturated heterocycles. The lowest BCUT2D eigenvalue weighted by atomic mass is 9.56. The largest absolute Gasteiger partial charge is 0.387 e. The van der Waals surface area contributed by atoms with Gasteiger partial charge in [-0.2, -0.15) is 0 Å². The summed E-state index contributed by atoms with van der Waals surface area (Å²) in [6.45, 7) is 8.69.